The van der Waals surface area contributed by atoms with Crippen molar-refractivity contribution < 1.29 is 22.1 Å². The van der Waals surface area contributed by atoms with Gasteiger partial charge in [0.05, 0.1) is 16.4 Å². The van der Waals surface area contributed by atoms with Gasteiger partial charge in [-0.25, -0.2) is 9.19 Å². The summed E-state index contributed by atoms with van der Waals surface area (Å²) >= 11 is 7.80. The number of methoxy groups -OCH3 is 1. The van der Waals surface area contributed by atoms with Crippen molar-refractivity contribution in [3.8, 4) is 21.8 Å². The molecule has 3 aromatic rings. The van der Waals surface area contributed by atoms with Crippen molar-refractivity contribution in [1.82, 2.24) is 9.97 Å². The molecule has 3 rings (SSSR count). The maximum atomic E-state index is 13.0. The lowest BCUT2D eigenvalue weighted by Gasteiger charge is -2.23. The Bertz CT molecular complexity index is 1130. The fraction of sp³-hybridized carbons (Fsp3) is 0.333. The lowest BCUT2D eigenvalue weighted by atomic mass is 9.91. The molecule has 0 N–H and O–H groups in total. The highest BCUT2D eigenvalue weighted by molar-refractivity contribution is 7.87. The van der Waals surface area contributed by atoms with E-state index < -0.39 is 23.2 Å². The molecule has 0 bridgehead atoms. The van der Waals surface area contributed by atoms with E-state index >= 15 is 0 Å². The van der Waals surface area contributed by atoms with E-state index in [4.69, 9.17) is 16.3 Å². The molecule has 1 atom stereocenters. The van der Waals surface area contributed by atoms with E-state index in [9.17, 15) is 17.4 Å². The molecular weight excluding hydrogens is 483 g/mol. The summed E-state index contributed by atoms with van der Waals surface area (Å²) in [6.45, 7) is 5.71. The number of pyridine rings is 1. The van der Waals surface area contributed by atoms with Gasteiger partial charge in [0.15, 0.2) is 0 Å². The minimum Gasteiger partial charge on any atom is -0.363 e. The molecule has 0 aliphatic heterocycles. The van der Waals surface area contributed by atoms with Crippen molar-refractivity contribution in [1.29, 1.82) is 0 Å². The molecule has 1 unspecified atom stereocenters. The summed E-state index contributed by atoms with van der Waals surface area (Å²) in [6, 6.07) is 8.15. The van der Waals surface area contributed by atoms with Gasteiger partial charge in [0.2, 0.25) is 11.0 Å². The summed E-state index contributed by atoms with van der Waals surface area (Å²) in [4.78, 5) is 9.07. The Hall–Kier alpha value is -2.01. The molecule has 0 saturated heterocycles. The highest BCUT2D eigenvalue weighted by Crippen LogP contribution is 2.36. The number of alkyl halides is 3. The van der Waals surface area contributed by atoms with Gasteiger partial charge in [-0.05, 0) is 30.3 Å². The van der Waals surface area contributed by atoms with Gasteiger partial charge in [-0.15, -0.1) is 11.3 Å². The lowest BCUT2D eigenvalue weighted by molar-refractivity contribution is -0.0391. The van der Waals surface area contributed by atoms with Crippen LogP contribution in [0.4, 0.5) is 18.9 Å². The molecule has 0 aliphatic carbocycles. The second kappa shape index (κ2) is 9.46. The topological polar surface area (TPSA) is 55.3 Å². The maximum absolute atomic E-state index is 13.0. The van der Waals surface area contributed by atoms with Crippen LogP contribution in [0.5, 0.6) is 0 Å². The number of thiazole rings is 1. The standard InChI is InChI=1S/C21H21ClF3N3O2S2/c1-20(2,3)18-9-13(7-8-26-18)19-27-17(11-31-19)15-6-5-14(10-16(15)22)28(12-30-4)32(29)21(23,24)25/h5-11H,12H2,1-4H3. The first-order chi connectivity index (χ1) is 14.9. The van der Waals surface area contributed by atoms with Gasteiger partial charge in [0, 0.05) is 40.9 Å². The van der Waals surface area contributed by atoms with Gasteiger partial charge in [-0.2, -0.15) is 13.2 Å². The molecule has 5 nitrogen and oxygen atoms in total. The van der Waals surface area contributed by atoms with Crippen molar-refractivity contribution in [3.63, 3.8) is 0 Å². The van der Waals surface area contributed by atoms with Gasteiger partial charge in [0.1, 0.15) is 11.7 Å². The predicted molar refractivity (Wildman–Crippen MR) is 123 cm³/mol. The predicted octanol–water partition coefficient (Wildman–Crippen LogP) is 6.42. The number of anilines is 1. The fourth-order valence-electron chi connectivity index (χ4n) is 2.83. The highest BCUT2D eigenvalue weighted by Gasteiger charge is 2.42. The van der Waals surface area contributed by atoms with Crippen LogP contribution in [0, 0.1) is 0 Å². The van der Waals surface area contributed by atoms with Crippen LogP contribution >= 0.6 is 22.9 Å². The minimum absolute atomic E-state index is 0.0238. The van der Waals surface area contributed by atoms with E-state index in [1.807, 2.05) is 17.5 Å². The summed E-state index contributed by atoms with van der Waals surface area (Å²) < 4.78 is 56.2. The zero-order valence-electron chi connectivity index (χ0n) is 17.7. The molecule has 2 heterocycles. The zero-order valence-corrected chi connectivity index (χ0v) is 20.1. The third kappa shape index (κ3) is 5.48. The molecule has 0 fully saturated rings. The van der Waals surface area contributed by atoms with E-state index in [-0.39, 0.29) is 16.1 Å². The maximum Gasteiger partial charge on any atom is 0.491 e. The molecule has 0 spiro atoms. The first-order valence-corrected chi connectivity index (χ1v) is 11.8. The van der Waals surface area contributed by atoms with Gasteiger partial charge in [-0.3, -0.25) is 9.29 Å². The summed E-state index contributed by atoms with van der Waals surface area (Å²) in [5.41, 5.74) is -2.02. The van der Waals surface area contributed by atoms with Crippen LogP contribution in [0.3, 0.4) is 0 Å². The van der Waals surface area contributed by atoms with Crippen LogP contribution in [0.15, 0.2) is 41.9 Å². The molecule has 0 amide bonds. The quantitative estimate of drug-likeness (QED) is 0.364. The summed E-state index contributed by atoms with van der Waals surface area (Å²) in [5.74, 6) is 0. The number of aromatic nitrogens is 2. The molecule has 32 heavy (non-hydrogen) atoms. The summed E-state index contributed by atoms with van der Waals surface area (Å²) in [6.07, 6.45) is 1.74. The van der Waals surface area contributed by atoms with E-state index in [1.165, 1.54) is 30.6 Å². The molecule has 0 aliphatic rings. The van der Waals surface area contributed by atoms with E-state index in [2.05, 4.69) is 30.7 Å². The summed E-state index contributed by atoms with van der Waals surface area (Å²) in [7, 11) is -2.07. The number of nitrogens with zero attached hydrogens (tertiary/aromatic N) is 3. The van der Waals surface area contributed by atoms with E-state index in [1.54, 1.807) is 12.3 Å². The average molecular weight is 504 g/mol. The smallest absolute Gasteiger partial charge is 0.363 e. The van der Waals surface area contributed by atoms with Gasteiger partial charge in [-0.1, -0.05) is 32.4 Å². The Morgan fingerprint density at radius 2 is 1.91 bits per heavy atom. The Labute approximate surface area is 195 Å². The number of hydrogen-bond acceptors (Lipinski definition) is 5. The van der Waals surface area contributed by atoms with Gasteiger partial charge in [0.25, 0.3) is 0 Å². The Morgan fingerprint density at radius 3 is 2.50 bits per heavy atom. The van der Waals surface area contributed by atoms with Crippen molar-refractivity contribution in [2.45, 2.75) is 31.7 Å². The normalized spacial score (nSPS) is 13.2. The Morgan fingerprint density at radius 1 is 1.19 bits per heavy atom. The van der Waals surface area contributed by atoms with Crippen LogP contribution in [0.2, 0.25) is 5.02 Å². The first-order valence-electron chi connectivity index (χ1n) is 9.39. The molecule has 11 heteroatoms. The molecular formula is C21H21ClF3N3O2S2. The fourth-order valence-corrected chi connectivity index (χ4v) is 4.68. The van der Waals surface area contributed by atoms with Gasteiger partial charge < -0.3 is 4.74 Å². The van der Waals surface area contributed by atoms with Crippen LogP contribution in [0.1, 0.15) is 26.5 Å². The number of hydrogen-bond donors (Lipinski definition) is 0. The van der Waals surface area contributed by atoms with E-state index in [0.717, 1.165) is 16.3 Å². The molecule has 2 aromatic heterocycles. The van der Waals surface area contributed by atoms with Crippen LogP contribution < -0.4 is 4.31 Å². The minimum atomic E-state index is -4.93. The van der Waals surface area contributed by atoms with Gasteiger partial charge >= 0.3 is 5.51 Å². The second-order valence-electron chi connectivity index (χ2n) is 7.87. The first kappa shape index (κ1) is 24.6. The molecule has 0 saturated carbocycles. The van der Waals surface area contributed by atoms with Crippen LogP contribution in [0.25, 0.3) is 21.8 Å². The molecule has 172 valence electrons. The number of halogens is 4. The Kier molecular flexibility index (Phi) is 7.28. The Balaban J connectivity index is 1.93. The number of ether oxygens (including phenoxy) is 1. The monoisotopic (exact) mass is 503 g/mol. The molecule has 1 aromatic carbocycles. The van der Waals surface area contributed by atoms with Crippen LogP contribution in [-0.2, 0) is 21.1 Å². The van der Waals surface area contributed by atoms with Crippen molar-refractivity contribution in [2.24, 2.45) is 0 Å². The SMILES string of the molecule is COCN(c1ccc(-c2csc(-c3ccnc(C(C)(C)C)c3)n2)c(Cl)c1)S(=O)C(F)(F)F. The summed E-state index contributed by atoms with van der Waals surface area (Å²) in [5, 5.41) is 2.78. The van der Waals surface area contributed by atoms with Crippen molar-refractivity contribution >= 4 is 39.6 Å². The van der Waals surface area contributed by atoms with Crippen molar-refractivity contribution in [2.75, 3.05) is 18.1 Å². The average Bonchev–Trinajstić information content (AvgIpc) is 3.20. The highest BCUT2D eigenvalue weighted by atomic mass is 35.5. The van der Waals surface area contributed by atoms with Crippen molar-refractivity contribution in [3.05, 3.63) is 52.6 Å². The largest absolute Gasteiger partial charge is 0.491 e. The zero-order chi connectivity index (χ0) is 23.7. The second-order valence-corrected chi connectivity index (χ2v) is 10.5. The van der Waals surface area contributed by atoms with Crippen LogP contribution in [-0.4, -0.2) is 33.5 Å². The third-order valence-electron chi connectivity index (χ3n) is 4.44. The van der Waals surface area contributed by atoms with E-state index in [0.29, 0.717) is 15.6 Å². The molecule has 0 radical (unpaired) electrons. The number of benzene rings is 1. The third-order valence-corrected chi connectivity index (χ3v) is 6.76. The lowest BCUT2D eigenvalue weighted by Crippen LogP contribution is -2.36. The number of rotatable bonds is 6.